The van der Waals surface area contributed by atoms with Gasteiger partial charge in [0.05, 0.1) is 5.69 Å². The van der Waals surface area contributed by atoms with Crippen LogP contribution in [0.15, 0.2) is 46.9 Å². The number of aryl methyl sites for hydroxylation is 1. The van der Waals surface area contributed by atoms with Crippen LogP contribution in [0.2, 0.25) is 0 Å². The molecule has 0 aliphatic carbocycles. The van der Waals surface area contributed by atoms with Crippen molar-refractivity contribution in [3.8, 4) is 0 Å². The average molecular weight is 321 g/mol. The Labute approximate surface area is 119 Å². The van der Waals surface area contributed by atoms with Crippen molar-refractivity contribution in [3.63, 3.8) is 0 Å². The van der Waals surface area contributed by atoms with Gasteiger partial charge in [-0.1, -0.05) is 30.3 Å². The maximum Gasteiger partial charge on any atom is 0.413 e. The summed E-state index contributed by atoms with van der Waals surface area (Å²) in [5.74, 6) is 0.471. The molecule has 0 aliphatic rings. The number of ether oxygens (including phenoxy) is 1. The second-order valence-corrected chi connectivity index (χ2v) is 4.80. The van der Waals surface area contributed by atoms with Crippen LogP contribution in [0, 0.1) is 6.92 Å². The van der Waals surface area contributed by atoms with Crippen molar-refractivity contribution in [3.05, 3.63) is 58.2 Å². The highest BCUT2D eigenvalue weighted by molar-refractivity contribution is 9.10. The number of pyridine rings is 1. The number of nitrogens with zero attached hydrogens (tertiary/aromatic N) is 1. The monoisotopic (exact) mass is 320 g/mol. The molecule has 19 heavy (non-hydrogen) atoms. The fourth-order valence-corrected chi connectivity index (χ4v) is 1.70. The van der Waals surface area contributed by atoms with E-state index in [-0.39, 0.29) is 6.61 Å². The lowest BCUT2D eigenvalue weighted by Gasteiger charge is -2.07. The minimum Gasteiger partial charge on any atom is -0.444 e. The molecule has 0 bridgehead atoms. The molecular weight excluding hydrogens is 308 g/mol. The summed E-state index contributed by atoms with van der Waals surface area (Å²) >= 11 is 3.35. The second-order valence-electron chi connectivity index (χ2n) is 3.95. The smallest absolute Gasteiger partial charge is 0.413 e. The molecule has 5 heteroatoms. The fourth-order valence-electron chi connectivity index (χ4n) is 1.48. The van der Waals surface area contributed by atoms with E-state index in [0.29, 0.717) is 5.82 Å². The molecular formula is C14H13BrN2O2. The van der Waals surface area contributed by atoms with Crippen LogP contribution in [0.3, 0.4) is 0 Å². The molecule has 2 rings (SSSR count). The normalized spacial score (nSPS) is 10.0. The predicted molar refractivity (Wildman–Crippen MR) is 76.9 cm³/mol. The molecule has 0 fully saturated rings. The molecule has 1 heterocycles. The van der Waals surface area contributed by atoms with E-state index in [9.17, 15) is 4.79 Å². The van der Waals surface area contributed by atoms with Gasteiger partial charge in [0.25, 0.3) is 0 Å². The minimum absolute atomic E-state index is 0.238. The molecule has 0 spiro atoms. The number of carbonyl (C=O) groups is 1. The zero-order valence-electron chi connectivity index (χ0n) is 10.4. The van der Waals surface area contributed by atoms with E-state index in [1.807, 2.05) is 43.3 Å². The number of rotatable bonds is 3. The highest BCUT2D eigenvalue weighted by Gasteiger charge is 2.05. The van der Waals surface area contributed by atoms with E-state index < -0.39 is 6.09 Å². The van der Waals surface area contributed by atoms with Gasteiger partial charge in [-0.3, -0.25) is 5.32 Å². The zero-order chi connectivity index (χ0) is 13.7. The van der Waals surface area contributed by atoms with Gasteiger partial charge in [0, 0.05) is 4.47 Å². The van der Waals surface area contributed by atoms with Gasteiger partial charge in [0.2, 0.25) is 0 Å². The Morgan fingerprint density at radius 3 is 2.68 bits per heavy atom. The molecule has 1 aromatic carbocycles. The highest BCUT2D eigenvalue weighted by Crippen LogP contribution is 2.16. The number of carbonyl (C=O) groups excluding carboxylic acids is 1. The first-order chi connectivity index (χ1) is 9.15. The summed E-state index contributed by atoms with van der Waals surface area (Å²) in [4.78, 5) is 15.8. The molecule has 1 aromatic heterocycles. The van der Waals surface area contributed by atoms with Crippen molar-refractivity contribution >= 4 is 27.8 Å². The van der Waals surface area contributed by atoms with Gasteiger partial charge in [0.1, 0.15) is 12.4 Å². The molecule has 0 unspecified atom stereocenters. The summed E-state index contributed by atoms with van der Waals surface area (Å²) in [6, 6.07) is 13.0. The summed E-state index contributed by atoms with van der Waals surface area (Å²) in [5, 5.41) is 2.59. The largest absolute Gasteiger partial charge is 0.444 e. The molecule has 1 N–H and O–H groups in total. The zero-order valence-corrected chi connectivity index (χ0v) is 12.0. The summed E-state index contributed by atoms with van der Waals surface area (Å²) in [6.07, 6.45) is -0.516. The van der Waals surface area contributed by atoms with Crippen LogP contribution in [0.4, 0.5) is 10.6 Å². The topological polar surface area (TPSA) is 51.2 Å². The standard InChI is InChI=1S/C14H13BrN2O2/c1-10-12(15)7-8-13(16-10)17-14(18)19-9-11-5-3-2-4-6-11/h2-8H,9H2,1H3,(H,16,17,18). The molecule has 98 valence electrons. The van der Waals surface area contributed by atoms with Gasteiger partial charge < -0.3 is 4.74 Å². The SMILES string of the molecule is Cc1nc(NC(=O)OCc2ccccc2)ccc1Br. The maximum absolute atomic E-state index is 11.6. The summed E-state index contributed by atoms with van der Waals surface area (Å²) < 4.78 is 6.00. The van der Waals surface area contributed by atoms with Crippen molar-refractivity contribution in [2.24, 2.45) is 0 Å². The third kappa shape index (κ3) is 4.06. The van der Waals surface area contributed by atoms with Crippen LogP contribution in [-0.2, 0) is 11.3 Å². The number of hydrogen-bond acceptors (Lipinski definition) is 3. The van der Waals surface area contributed by atoms with Crippen LogP contribution in [0.1, 0.15) is 11.3 Å². The predicted octanol–water partition coefficient (Wildman–Crippen LogP) is 3.90. The Hall–Kier alpha value is -1.88. The summed E-state index contributed by atoms with van der Waals surface area (Å²) in [7, 11) is 0. The van der Waals surface area contributed by atoms with Crippen LogP contribution in [0.25, 0.3) is 0 Å². The molecule has 2 aromatic rings. The van der Waals surface area contributed by atoms with E-state index in [1.165, 1.54) is 0 Å². The Balaban J connectivity index is 1.89. The van der Waals surface area contributed by atoms with E-state index in [0.717, 1.165) is 15.7 Å². The van der Waals surface area contributed by atoms with Crippen molar-refractivity contribution in [2.75, 3.05) is 5.32 Å². The fraction of sp³-hybridized carbons (Fsp3) is 0.143. The van der Waals surface area contributed by atoms with Gasteiger partial charge in [-0.15, -0.1) is 0 Å². The quantitative estimate of drug-likeness (QED) is 0.933. The van der Waals surface area contributed by atoms with Crippen LogP contribution < -0.4 is 5.32 Å². The number of hydrogen-bond donors (Lipinski definition) is 1. The Bertz CT molecular complexity index is 573. The van der Waals surface area contributed by atoms with E-state index >= 15 is 0 Å². The van der Waals surface area contributed by atoms with Crippen LogP contribution in [-0.4, -0.2) is 11.1 Å². The first-order valence-corrected chi connectivity index (χ1v) is 6.55. The van der Waals surface area contributed by atoms with Gasteiger partial charge in [0.15, 0.2) is 0 Å². The maximum atomic E-state index is 11.6. The van der Waals surface area contributed by atoms with Crippen molar-refractivity contribution in [1.82, 2.24) is 4.98 Å². The number of aromatic nitrogens is 1. The van der Waals surface area contributed by atoms with Crippen LogP contribution >= 0.6 is 15.9 Å². The lowest BCUT2D eigenvalue weighted by Crippen LogP contribution is -2.14. The lowest BCUT2D eigenvalue weighted by atomic mass is 10.2. The summed E-state index contributed by atoms with van der Waals surface area (Å²) in [5.41, 5.74) is 1.75. The number of nitrogens with one attached hydrogen (secondary N) is 1. The average Bonchev–Trinajstić information content (AvgIpc) is 2.42. The molecule has 4 nitrogen and oxygen atoms in total. The molecule has 0 saturated carbocycles. The first-order valence-electron chi connectivity index (χ1n) is 5.76. The Morgan fingerprint density at radius 2 is 2.00 bits per heavy atom. The van der Waals surface area contributed by atoms with E-state index in [4.69, 9.17) is 4.74 Å². The molecule has 1 amide bonds. The van der Waals surface area contributed by atoms with Crippen molar-refractivity contribution < 1.29 is 9.53 Å². The number of halogens is 1. The van der Waals surface area contributed by atoms with E-state index in [1.54, 1.807) is 6.07 Å². The van der Waals surface area contributed by atoms with Gasteiger partial charge in [-0.05, 0) is 40.5 Å². The minimum atomic E-state index is -0.516. The summed E-state index contributed by atoms with van der Waals surface area (Å²) in [6.45, 7) is 2.09. The van der Waals surface area contributed by atoms with Crippen molar-refractivity contribution in [1.29, 1.82) is 0 Å². The number of benzene rings is 1. The van der Waals surface area contributed by atoms with Crippen molar-refractivity contribution in [2.45, 2.75) is 13.5 Å². The Morgan fingerprint density at radius 1 is 1.26 bits per heavy atom. The lowest BCUT2D eigenvalue weighted by molar-refractivity contribution is 0.155. The van der Waals surface area contributed by atoms with E-state index in [2.05, 4.69) is 26.2 Å². The third-order valence-electron chi connectivity index (χ3n) is 2.46. The van der Waals surface area contributed by atoms with Gasteiger partial charge in [-0.2, -0.15) is 0 Å². The van der Waals surface area contributed by atoms with Crippen LogP contribution in [0.5, 0.6) is 0 Å². The number of anilines is 1. The first kappa shape index (κ1) is 13.5. The van der Waals surface area contributed by atoms with Gasteiger partial charge in [-0.25, -0.2) is 9.78 Å². The van der Waals surface area contributed by atoms with Gasteiger partial charge >= 0.3 is 6.09 Å². The molecule has 0 saturated heterocycles. The Kier molecular flexibility index (Phi) is 4.52. The number of amides is 1. The second kappa shape index (κ2) is 6.33. The molecule has 0 atom stereocenters. The highest BCUT2D eigenvalue weighted by atomic mass is 79.9. The molecule has 0 radical (unpaired) electrons. The molecule has 0 aliphatic heterocycles. The third-order valence-corrected chi connectivity index (χ3v) is 3.30.